The first-order valence-corrected chi connectivity index (χ1v) is 5.95. The summed E-state index contributed by atoms with van der Waals surface area (Å²) >= 11 is 0. The molecule has 0 aromatic rings. The molecule has 15 heavy (non-hydrogen) atoms. The van der Waals surface area contributed by atoms with Gasteiger partial charge in [-0.05, 0) is 44.5 Å². The van der Waals surface area contributed by atoms with E-state index in [9.17, 15) is 4.79 Å². The molecule has 1 saturated heterocycles. The van der Waals surface area contributed by atoms with E-state index < -0.39 is 0 Å². The van der Waals surface area contributed by atoms with Crippen LogP contribution in [0.1, 0.15) is 19.3 Å². The van der Waals surface area contributed by atoms with Crippen LogP contribution < -0.4 is 5.32 Å². The molecule has 2 rings (SSSR count). The molecule has 0 aliphatic carbocycles. The van der Waals surface area contributed by atoms with E-state index in [1.807, 2.05) is 0 Å². The lowest BCUT2D eigenvalue weighted by Crippen LogP contribution is -2.37. The molecule has 2 heterocycles. The standard InChI is InChI=1S/C12H20N2O/c15-10-11-3-6-14(7-4-11)9-12-2-1-5-13-8-12/h2,10-11,13H,1,3-9H2. The second kappa shape index (κ2) is 5.42. The molecular formula is C12H20N2O. The molecule has 0 unspecified atom stereocenters. The van der Waals surface area contributed by atoms with Crippen LogP contribution in [0.25, 0.3) is 0 Å². The largest absolute Gasteiger partial charge is 0.313 e. The average Bonchev–Trinajstić information content (AvgIpc) is 2.31. The molecule has 3 nitrogen and oxygen atoms in total. The smallest absolute Gasteiger partial charge is 0.123 e. The zero-order chi connectivity index (χ0) is 10.5. The quantitative estimate of drug-likeness (QED) is 0.550. The van der Waals surface area contributed by atoms with Gasteiger partial charge in [-0.1, -0.05) is 6.08 Å². The Morgan fingerprint density at radius 3 is 2.87 bits per heavy atom. The maximum atomic E-state index is 10.6. The van der Waals surface area contributed by atoms with Crippen LogP contribution in [0.4, 0.5) is 0 Å². The number of nitrogens with zero attached hydrogens (tertiary/aromatic N) is 1. The average molecular weight is 208 g/mol. The van der Waals surface area contributed by atoms with E-state index in [0.29, 0.717) is 5.92 Å². The topological polar surface area (TPSA) is 32.3 Å². The Bertz CT molecular complexity index is 242. The molecular weight excluding hydrogens is 188 g/mol. The number of carbonyl (C=O) groups is 1. The third-order valence-corrected chi connectivity index (χ3v) is 3.36. The monoisotopic (exact) mass is 208 g/mol. The van der Waals surface area contributed by atoms with Gasteiger partial charge in [0.25, 0.3) is 0 Å². The Hall–Kier alpha value is -0.670. The molecule has 2 aliphatic rings. The highest BCUT2D eigenvalue weighted by molar-refractivity contribution is 5.53. The Labute approximate surface area is 91.5 Å². The van der Waals surface area contributed by atoms with Gasteiger partial charge >= 0.3 is 0 Å². The molecule has 0 aromatic carbocycles. The minimum atomic E-state index is 0.319. The van der Waals surface area contributed by atoms with Crippen LogP contribution in [0.3, 0.4) is 0 Å². The van der Waals surface area contributed by atoms with E-state index in [2.05, 4.69) is 16.3 Å². The Morgan fingerprint density at radius 2 is 2.27 bits per heavy atom. The molecule has 0 amide bonds. The van der Waals surface area contributed by atoms with Crippen LogP contribution in [0.2, 0.25) is 0 Å². The minimum absolute atomic E-state index is 0.319. The second-order valence-electron chi connectivity index (χ2n) is 4.58. The van der Waals surface area contributed by atoms with Gasteiger partial charge in [-0.15, -0.1) is 0 Å². The van der Waals surface area contributed by atoms with Crippen LogP contribution >= 0.6 is 0 Å². The van der Waals surface area contributed by atoms with Gasteiger partial charge in [0.05, 0.1) is 0 Å². The normalized spacial score (nSPS) is 24.9. The lowest BCUT2D eigenvalue weighted by Gasteiger charge is -2.31. The Kier molecular flexibility index (Phi) is 3.92. The maximum Gasteiger partial charge on any atom is 0.123 e. The van der Waals surface area contributed by atoms with Gasteiger partial charge in [0.15, 0.2) is 0 Å². The van der Waals surface area contributed by atoms with Gasteiger partial charge in [-0.2, -0.15) is 0 Å². The van der Waals surface area contributed by atoms with Crippen molar-refractivity contribution in [1.29, 1.82) is 0 Å². The minimum Gasteiger partial charge on any atom is -0.313 e. The molecule has 0 radical (unpaired) electrons. The Balaban J connectivity index is 1.76. The summed E-state index contributed by atoms with van der Waals surface area (Å²) in [5, 5.41) is 3.39. The SMILES string of the molecule is O=CC1CCN(CC2=CCCNC2)CC1. The number of hydrogen-bond acceptors (Lipinski definition) is 3. The van der Waals surface area contributed by atoms with Crippen molar-refractivity contribution in [3.8, 4) is 0 Å². The van der Waals surface area contributed by atoms with Crippen LogP contribution in [0, 0.1) is 5.92 Å². The summed E-state index contributed by atoms with van der Waals surface area (Å²) < 4.78 is 0. The first-order chi connectivity index (χ1) is 7.38. The predicted molar refractivity (Wildman–Crippen MR) is 60.8 cm³/mol. The van der Waals surface area contributed by atoms with E-state index in [-0.39, 0.29) is 0 Å². The number of piperidine rings is 1. The molecule has 1 N–H and O–H groups in total. The highest BCUT2D eigenvalue weighted by Crippen LogP contribution is 2.16. The van der Waals surface area contributed by atoms with Gasteiger partial charge in [-0.3, -0.25) is 4.90 Å². The first kappa shape index (κ1) is 10.8. The third-order valence-electron chi connectivity index (χ3n) is 3.36. The van der Waals surface area contributed by atoms with Crippen molar-refractivity contribution in [2.75, 3.05) is 32.7 Å². The molecule has 0 saturated carbocycles. The van der Waals surface area contributed by atoms with E-state index >= 15 is 0 Å². The van der Waals surface area contributed by atoms with Crippen molar-refractivity contribution in [2.24, 2.45) is 5.92 Å². The summed E-state index contributed by atoms with van der Waals surface area (Å²) in [6.07, 6.45) is 6.75. The van der Waals surface area contributed by atoms with Crippen LogP contribution in [0.5, 0.6) is 0 Å². The molecule has 1 fully saturated rings. The van der Waals surface area contributed by atoms with Crippen molar-refractivity contribution in [1.82, 2.24) is 10.2 Å². The fourth-order valence-electron chi connectivity index (χ4n) is 2.35. The fourth-order valence-corrected chi connectivity index (χ4v) is 2.35. The summed E-state index contributed by atoms with van der Waals surface area (Å²) in [6.45, 7) is 5.43. The molecule has 2 aliphatic heterocycles. The van der Waals surface area contributed by atoms with Gasteiger partial charge in [0.1, 0.15) is 6.29 Å². The number of likely N-dealkylation sites (tertiary alicyclic amines) is 1. The van der Waals surface area contributed by atoms with E-state index in [4.69, 9.17) is 0 Å². The maximum absolute atomic E-state index is 10.6. The van der Waals surface area contributed by atoms with Crippen molar-refractivity contribution >= 4 is 6.29 Å². The van der Waals surface area contributed by atoms with Gasteiger partial charge in [0, 0.05) is 19.0 Å². The predicted octanol–water partition coefficient (Wildman–Crippen LogP) is 0.817. The van der Waals surface area contributed by atoms with Crippen LogP contribution in [0.15, 0.2) is 11.6 Å². The summed E-state index contributed by atoms with van der Waals surface area (Å²) in [4.78, 5) is 13.1. The number of carbonyl (C=O) groups excluding carboxylic acids is 1. The van der Waals surface area contributed by atoms with Gasteiger partial charge < -0.3 is 10.1 Å². The first-order valence-electron chi connectivity index (χ1n) is 5.95. The second-order valence-corrected chi connectivity index (χ2v) is 4.58. The lowest BCUT2D eigenvalue weighted by molar-refractivity contribution is -0.112. The summed E-state index contributed by atoms with van der Waals surface area (Å²) in [5.74, 6) is 0.319. The van der Waals surface area contributed by atoms with Crippen LogP contribution in [-0.2, 0) is 4.79 Å². The molecule has 3 heteroatoms. The Morgan fingerprint density at radius 1 is 1.47 bits per heavy atom. The van der Waals surface area contributed by atoms with Crippen molar-refractivity contribution in [3.63, 3.8) is 0 Å². The number of nitrogens with one attached hydrogen (secondary N) is 1. The number of hydrogen-bond donors (Lipinski definition) is 1. The van der Waals surface area contributed by atoms with E-state index in [0.717, 1.165) is 51.9 Å². The van der Waals surface area contributed by atoms with Crippen molar-refractivity contribution in [3.05, 3.63) is 11.6 Å². The molecule has 0 atom stereocenters. The number of rotatable bonds is 3. The van der Waals surface area contributed by atoms with Crippen LogP contribution in [-0.4, -0.2) is 43.9 Å². The zero-order valence-electron chi connectivity index (χ0n) is 9.24. The molecule has 0 bridgehead atoms. The fraction of sp³-hybridized carbons (Fsp3) is 0.750. The summed E-state index contributed by atoms with van der Waals surface area (Å²) in [6, 6.07) is 0. The number of aldehydes is 1. The molecule has 0 aromatic heterocycles. The highest BCUT2D eigenvalue weighted by atomic mass is 16.1. The highest BCUT2D eigenvalue weighted by Gasteiger charge is 2.19. The summed E-state index contributed by atoms with van der Waals surface area (Å²) in [5.41, 5.74) is 1.52. The van der Waals surface area contributed by atoms with Crippen molar-refractivity contribution in [2.45, 2.75) is 19.3 Å². The van der Waals surface area contributed by atoms with Gasteiger partial charge in [0.2, 0.25) is 0 Å². The van der Waals surface area contributed by atoms with Gasteiger partial charge in [-0.25, -0.2) is 0 Å². The van der Waals surface area contributed by atoms with Crippen molar-refractivity contribution < 1.29 is 4.79 Å². The molecule has 84 valence electrons. The van der Waals surface area contributed by atoms with E-state index in [1.165, 1.54) is 12.0 Å². The lowest BCUT2D eigenvalue weighted by atomic mass is 9.98. The molecule has 0 spiro atoms. The third kappa shape index (κ3) is 3.14. The van der Waals surface area contributed by atoms with E-state index in [1.54, 1.807) is 0 Å². The zero-order valence-corrected chi connectivity index (χ0v) is 9.24. The summed E-state index contributed by atoms with van der Waals surface area (Å²) in [7, 11) is 0.